The Balaban J connectivity index is 4.31. The molecule has 0 saturated heterocycles. The molecule has 1 nitrogen and oxygen atoms in total. The van der Waals surface area contributed by atoms with Crippen LogP contribution in [-0.2, 0) is 0 Å². The molecule has 0 unspecified atom stereocenters. The van der Waals surface area contributed by atoms with Gasteiger partial charge < -0.3 is 5.11 Å². The second-order valence-electron chi connectivity index (χ2n) is 6.84. The van der Waals surface area contributed by atoms with Crippen LogP contribution in [0.1, 0.15) is 74.1 Å². The molecule has 0 radical (unpaired) electrons. The average molecular weight is 240 g/mol. The molecular formula is C16H32O. The largest absolute Gasteiger partial charge is 0.390 e. The number of hydrogen-bond donors (Lipinski definition) is 1. The van der Waals surface area contributed by atoms with Crippen molar-refractivity contribution in [1.82, 2.24) is 0 Å². The van der Waals surface area contributed by atoms with Crippen LogP contribution >= 0.6 is 0 Å². The lowest BCUT2D eigenvalue weighted by Crippen LogP contribution is -2.27. The third-order valence-electron chi connectivity index (χ3n) is 4.56. The van der Waals surface area contributed by atoms with Crippen LogP contribution in [0.5, 0.6) is 0 Å². The van der Waals surface area contributed by atoms with Crippen molar-refractivity contribution < 1.29 is 5.11 Å². The van der Waals surface area contributed by atoms with Crippen LogP contribution in [-0.4, -0.2) is 10.7 Å². The van der Waals surface area contributed by atoms with E-state index in [1.54, 1.807) is 0 Å². The maximum Gasteiger partial charge on any atom is 0.0645 e. The number of allylic oxidation sites excluding steroid dienone is 2. The maximum absolute atomic E-state index is 10.2. The summed E-state index contributed by atoms with van der Waals surface area (Å²) < 4.78 is 0. The summed E-state index contributed by atoms with van der Waals surface area (Å²) in [6.07, 6.45) is 8.08. The first kappa shape index (κ1) is 16.7. The number of hydrogen-bond acceptors (Lipinski definition) is 1. The monoisotopic (exact) mass is 240 g/mol. The summed E-state index contributed by atoms with van der Waals surface area (Å²) in [7, 11) is 0. The van der Waals surface area contributed by atoms with E-state index in [0.29, 0.717) is 0 Å². The van der Waals surface area contributed by atoms with Gasteiger partial charge in [-0.05, 0) is 36.5 Å². The molecule has 0 fully saturated rings. The molecule has 0 bridgehead atoms. The van der Waals surface area contributed by atoms with Gasteiger partial charge in [0.15, 0.2) is 0 Å². The van der Waals surface area contributed by atoms with Crippen LogP contribution in [0.25, 0.3) is 0 Å². The summed E-state index contributed by atoms with van der Waals surface area (Å²) in [5.74, 6) is 0. The normalized spacial score (nSPS) is 14.6. The fraction of sp³-hybridized carbons (Fsp3) is 0.875. The first-order chi connectivity index (χ1) is 7.58. The van der Waals surface area contributed by atoms with Gasteiger partial charge in [0.05, 0.1) is 5.60 Å². The fourth-order valence-electron chi connectivity index (χ4n) is 1.58. The predicted octanol–water partition coefficient (Wildman–Crippen LogP) is 4.95. The van der Waals surface area contributed by atoms with E-state index in [4.69, 9.17) is 0 Å². The zero-order chi connectivity index (χ0) is 13.7. The molecule has 0 spiro atoms. The van der Waals surface area contributed by atoms with Gasteiger partial charge in [-0.1, -0.05) is 60.6 Å². The third-order valence-corrected chi connectivity index (χ3v) is 4.56. The van der Waals surface area contributed by atoms with Gasteiger partial charge in [-0.25, -0.2) is 0 Å². The van der Waals surface area contributed by atoms with E-state index in [9.17, 15) is 5.11 Å². The second kappa shape index (κ2) is 6.04. The Bertz CT molecular complexity index is 239. The van der Waals surface area contributed by atoms with Crippen molar-refractivity contribution in [2.24, 2.45) is 10.8 Å². The third kappa shape index (κ3) is 5.25. The van der Waals surface area contributed by atoms with E-state index >= 15 is 0 Å². The van der Waals surface area contributed by atoms with Crippen LogP contribution in [0.3, 0.4) is 0 Å². The molecule has 0 aliphatic heterocycles. The molecule has 0 atom stereocenters. The Kier molecular flexibility index (Phi) is 5.93. The van der Waals surface area contributed by atoms with E-state index in [0.717, 1.165) is 25.7 Å². The second-order valence-corrected chi connectivity index (χ2v) is 6.84. The summed E-state index contributed by atoms with van der Waals surface area (Å²) in [5.41, 5.74) is 0.00900. The Labute approximate surface area is 108 Å². The van der Waals surface area contributed by atoms with Crippen molar-refractivity contribution in [3.63, 3.8) is 0 Å². The standard InChI is InChI=1S/C16H32O/c1-8-16(17,9-2)13-11-10-12-15(6,7)14(3,4)5/h10,12,17H,8-9,11,13H2,1-7H3/b12-10+. The zero-order valence-corrected chi connectivity index (χ0v) is 12.9. The lowest BCUT2D eigenvalue weighted by Gasteiger charge is -2.36. The highest BCUT2D eigenvalue weighted by atomic mass is 16.3. The Morgan fingerprint density at radius 3 is 1.76 bits per heavy atom. The first-order valence-electron chi connectivity index (χ1n) is 6.98. The molecule has 17 heavy (non-hydrogen) atoms. The number of rotatable bonds is 6. The first-order valence-corrected chi connectivity index (χ1v) is 6.98. The van der Waals surface area contributed by atoms with E-state index in [2.05, 4.69) is 60.6 Å². The minimum atomic E-state index is -0.462. The van der Waals surface area contributed by atoms with E-state index < -0.39 is 5.60 Å². The quantitative estimate of drug-likeness (QED) is 0.652. The topological polar surface area (TPSA) is 20.2 Å². The molecule has 0 amide bonds. The maximum atomic E-state index is 10.2. The minimum absolute atomic E-state index is 0.198. The number of aliphatic hydroxyl groups is 1. The van der Waals surface area contributed by atoms with Crippen LogP contribution in [0, 0.1) is 10.8 Å². The van der Waals surface area contributed by atoms with Gasteiger partial charge in [0.25, 0.3) is 0 Å². The van der Waals surface area contributed by atoms with Gasteiger partial charge in [0.1, 0.15) is 0 Å². The van der Waals surface area contributed by atoms with Crippen LogP contribution in [0.15, 0.2) is 12.2 Å². The SMILES string of the molecule is CCC(O)(CC)CC/C=C/C(C)(C)C(C)(C)C. The molecule has 102 valence electrons. The molecule has 1 N–H and O–H groups in total. The highest BCUT2D eigenvalue weighted by molar-refractivity contribution is 5.01. The smallest absolute Gasteiger partial charge is 0.0645 e. The molecule has 0 saturated carbocycles. The minimum Gasteiger partial charge on any atom is -0.390 e. The summed E-state index contributed by atoms with van der Waals surface area (Å²) in [6.45, 7) is 15.5. The van der Waals surface area contributed by atoms with Gasteiger partial charge >= 0.3 is 0 Å². The van der Waals surface area contributed by atoms with Crippen LogP contribution < -0.4 is 0 Å². The van der Waals surface area contributed by atoms with E-state index in [-0.39, 0.29) is 10.8 Å². The van der Waals surface area contributed by atoms with E-state index in [1.165, 1.54) is 0 Å². The Morgan fingerprint density at radius 1 is 0.941 bits per heavy atom. The Hall–Kier alpha value is -0.300. The molecule has 0 aromatic rings. The highest BCUT2D eigenvalue weighted by Gasteiger charge is 2.29. The van der Waals surface area contributed by atoms with Crippen LogP contribution in [0.4, 0.5) is 0 Å². The summed E-state index contributed by atoms with van der Waals surface area (Å²) >= 11 is 0. The molecule has 0 aromatic carbocycles. The molecule has 1 heteroatoms. The molecular weight excluding hydrogens is 208 g/mol. The summed E-state index contributed by atoms with van der Waals surface area (Å²) in [5, 5.41) is 10.2. The molecule has 0 rings (SSSR count). The van der Waals surface area contributed by atoms with Crippen molar-refractivity contribution >= 4 is 0 Å². The van der Waals surface area contributed by atoms with Gasteiger partial charge in [0.2, 0.25) is 0 Å². The van der Waals surface area contributed by atoms with Gasteiger partial charge in [-0.2, -0.15) is 0 Å². The average Bonchev–Trinajstić information content (AvgIpc) is 2.22. The van der Waals surface area contributed by atoms with Gasteiger partial charge in [-0.3, -0.25) is 0 Å². The van der Waals surface area contributed by atoms with Crippen LogP contribution in [0.2, 0.25) is 0 Å². The van der Waals surface area contributed by atoms with Crippen molar-refractivity contribution in [3.8, 4) is 0 Å². The Morgan fingerprint density at radius 2 is 1.41 bits per heavy atom. The van der Waals surface area contributed by atoms with Gasteiger partial charge in [0, 0.05) is 0 Å². The molecule has 0 heterocycles. The molecule has 0 aliphatic rings. The van der Waals surface area contributed by atoms with Crippen molar-refractivity contribution in [1.29, 1.82) is 0 Å². The summed E-state index contributed by atoms with van der Waals surface area (Å²) in [4.78, 5) is 0. The van der Waals surface area contributed by atoms with E-state index in [1.807, 2.05) is 0 Å². The molecule has 0 aliphatic carbocycles. The highest BCUT2D eigenvalue weighted by Crippen LogP contribution is 2.39. The summed E-state index contributed by atoms with van der Waals surface area (Å²) in [6, 6.07) is 0. The van der Waals surface area contributed by atoms with Crippen molar-refractivity contribution in [2.75, 3.05) is 0 Å². The van der Waals surface area contributed by atoms with Gasteiger partial charge in [-0.15, -0.1) is 0 Å². The van der Waals surface area contributed by atoms with Crippen molar-refractivity contribution in [3.05, 3.63) is 12.2 Å². The zero-order valence-electron chi connectivity index (χ0n) is 12.9. The lowest BCUT2D eigenvalue weighted by molar-refractivity contribution is 0.0245. The molecule has 0 aromatic heterocycles. The predicted molar refractivity (Wildman–Crippen MR) is 77.1 cm³/mol. The lowest BCUT2D eigenvalue weighted by atomic mass is 9.69. The van der Waals surface area contributed by atoms with Crippen molar-refractivity contribution in [2.45, 2.75) is 79.8 Å². The fourth-order valence-corrected chi connectivity index (χ4v) is 1.58.